The highest BCUT2D eigenvalue weighted by atomic mass is 79.9. The van der Waals surface area contributed by atoms with E-state index in [9.17, 15) is 0 Å². The molecule has 0 saturated heterocycles. The molecule has 2 aromatic rings. The Labute approximate surface area is 96.9 Å². The molecule has 0 radical (unpaired) electrons. The van der Waals surface area contributed by atoms with Crippen molar-refractivity contribution in [2.75, 3.05) is 0 Å². The van der Waals surface area contributed by atoms with Gasteiger partial charge in [0.25, 0.3) is 0 Å². The molecule has 80 valence electrons. The average molecular weight is 269 g/mol. The van der Waals surface area contributed by atoms with E-state index >= 15 is 0 Å². The predicted octanol–water partition coefficient (Wildman–Crippen LogP) is 2.40. The first-order chi connectivity index (χ1) is 7.24. The predicted molar refractivity (Wildman–Crippen MR) is 62.2 cm³/mol. The third kappa shape index (κ3) is 1.88. The monoisotopic (exact) mass is 268 g/mol. The van der Waals surface area contributed by atoms with E-state index in [1.807, 2.05) is 10.6 Å². The lowest BCUT2D eigenvalue weighted by atomic mass is 10.0. The van der Waals surface area contributed by atoms with Gasteiger partial charge in [0, 0.05) is 23.1 Å². The summed E-state index contributed by atoms with van der Waals surface area (Å²) in [6.45, 7) is 4.31. The van der Waals surface area contributed by atoms with Crippen LogP contribution in [0.3, 0.4) is 0 Å². The number of alkyl halides is 1. The molecule has 0 saturated carbocycles. The molecular formula is C10H13BrN4. The second-order valence-electron chi connectivity index (χ2n) is 3.59. The molecule has 15 heavy (non-hydrogen) atoms. The summed E-state index contributed by atoms with van der Waals surface area (Å²) in [5.74, 6) is 0.336. The van der Waals surface area contributed by atoms with Crippen LogP contribution in [-0.4, -0.2) is 24.4 Å². The Bertz CT molecular complexity index is 453. The molecule has 0 amide bonds. The van der Waals surface area contributed by atoms with E-state index in [4.69, 9.17) is 0 Å². The zero-order chi connectivity index (χ0) is 10.8. The highest BCUT2D eigenvalue weighted by molar-refractivity contribution is 9.09. The second kappa shape index (κ2) is 4.26. The molecule has 2 aromatic heterocycles. The Morgan fingerprint density at radius 2 is 2.33 bits per heavy atom. The Morgan fingerprint density at radius 1 is 1.53 bits per heavy atom. The average Bonchev–Trinajstić information content (AvgIpc) is 2.74. The summed E-state index contributed by atoms with van der Waals surface area (Å²) in [6, 6.07) is 0. The van der Waals surface area contributed by atoms with Crippen LogP contribution in [0, 0.1) is 0 Å². The maximum Gasteiger partial charge on any atom is 0.182 e. The van der Waals surface area contributed by atoms with Gasteiger partial charge in [-0.2, -0.15) is 0 Å². The SMILES string of the molecule is CCC(Br)C(C)c1nccn2cnnc12. The van der Waals surface area contributed by atoms with Gasteiger partial charge in [0.05, 0.1) is 5.69 Å². The molecule has 4 nitrogen and oxygen atoms in total. The Balaban J connectivity index is 2.46. The van der Waals surface area contributed by atoms with Gasteiger partial charge in [0.1, 0.15) is 6.33 Å². The summed E-state index contributed by atoms with van der Waals surface area (Å²) in [4.78, 5) is 4.82. The second-order valence-corrected chi connectivity index (χ2v) is 4.76. The summed E-state index contributed by atoms with van der Waals surface area (Å²) in [6.07, 6.45) is 6.42. The van der Waals surface area contributed by atoms with Crippen molar-refractivity contribution in [3.63, 3.8) is 0 Å². The normalized spacial score (nSPS) is 15.4. The molecular weight excluding hydrogens is 256 g/mol. The van der Waals surface area contributed by atoms with Crippen molar-refractivity contribution in [1.29, 1.82) is 0 Å². The van der Waals surface area contributed by atoms with Crippen LogP contribution in [0.25, 0.3) is 5.65 Å². The van der Waals surface area contributed by atoms with Gasteiger partial charge < -0.3 is 0 Å². The van der Waals surface area contributed by atoms with Crippen molar-refractivity contribution in [3.8, 4) is 0 Å². The first-order valence-electron chi connectivity index (χ1n) is 5.02. The van der Waals surface area contributed by atoms with Gasteiger partial charge in [-0.05, 0) is 6.42 Å². The van der Waals surface area contributed by atoms with E-state index in [1.54, 1.807) is 12.5 Å². The van der Waals surface area contributed by atoms with Crippen molar-refractivity contribution in [3.05, 3.63) is 24.4 Å². The van der Waals surface area contributed by atoms with Crippen LogP contribution >= 0.6 is 15.9 Å². The molecule has 0 aliphatic rings. The highest BCUT2D eigenvalue weighted by Crippen LogP contribution is 2.27. The molecule has 2 unspecified atom stereocenters. The van der Waals surface area contributed by atoms with Crippen molar-refractivity contribution in [1.82, 2.24) is 19.6 Å². The van der Waals surface area contributed by atoms with E-state index in [2.05, 4.69) is 45.0 Å². The molecule has 5 heteroatoms. The fourth-order valence-corrected chi connectivity index (χ4v) is 1.87. The van der Waals surface area contributed by atoms with Crippen LogP contribution in [-0.2, 0) is 0 Å². The lowest BCUT2D eigenvalue weighted by molar-refractivity contribution is 0.674. The topological polar surface area (TPSA) is 43.1 Å². The number of nitrogens with zero attached hydrogens (tertiary/aromatic N) is 4. The molecule has 0 aliphatic heterocycles. The van der Waals surface area contributed by atoms with Gasteiger partial charge in [0.15, 0.2) is 5.65 Å². The number of hydrogen-bond acceptors (Lipinski definition) is 3. The van der Waals surface area contributed by atoms with Crippen molar-refractivity contribution in [2.24, 2.45) is 0 Å². The van der Waals surface area contributed by atoms with Crippen LogP contribution in [0.15, 0.2) is 18.7 Å². The minimum Gasteiger partial charge on any atom is -0.286 e. The smallest absolute Gasteiger partial charge is 0.182 e. The first-order valence-corrected chi connectivity index (χ1v) is 5.94. The number of hydrogen-bond donors (Lipinski definition) is 0. The molecule has 0 aliphatic carbocycles. The summed E-state index contributed by atoms with van der Waals surface area (Å²) in [5, 5.41) is 7.97. The Kier molecular flexibility index (Phi) is 3.00. The fraction of sp³-hybridized carbons (Fsp3) is 0.500. The van der Waals surface area contributed by atoms with Crippen LogP contribution in [0.5, 0.6) is 0 Å². The minimum atomic E-state index is 0.336. The lowest BCUT2D eigenvalue weighted by Crippen LogP contribution is -2.11. The summed E-state index contributed by atoms with van der Waals surface area (Å²) >= 11 is 3.66. The van der Waals surface area contributed by atoms with Crippen molar-refractivity contribution in [2.45, 2.75) is 31.0 Å². The molecule has 2 atom stereocenters. The fourth-order valence-electron chi connectivity index (χ4n) is 1.62. The van der Waals surface area contributed by atoms with E-state index in [0.29, 0.717) is 10.7 Å². The molecule has 0 bridgehead atoms. The maximum absolute atomic E-state index is 4.39. The van der Waals surface area contributed by atoms with E-state index in [0.717, 1.165) is 17.8 Å². The third-order valence-corrected chi connectivity index (χ3v) is 4.05. The van der Waals surface area contributed by atoms with E-state index in [1.165, 1.54) is 0 Å². The van der Waals surface area contributed by atoms with Gasteiger partial charge in [-0.3, -0.25) is 9.38 Å². The van der Waals surface area contributed by atoms with Gasteiger partial charge >= 0.3 is 0 Å². The van der Waals surface area contributed by atoms with E-state index in [-0.39, 0.29) is 0 Å². The maximum atomic E-state index is 4.39. The molecule has 0 N–H and O–H groups in total. The number of halogens is 1. The summed E-state index contributed by atoms with van der Waals surface area (Å²) in [5.41, 5.74) is 1.85. The van der Waals surface area contributed by atoms with Gasteiger partial charge in [-0.25, -0.2) is 0 Å². The molecule has 0 spiro atoms. The van der Waals surface area contributed by atoms with E-state index < -0.39 is 0 Å². The lowest BCUT2D eigenvalue weighted by Gasteiger charge is -2.15. The molecule has 2 rings (SSSR count). The number of rotatable bonds is 3. The quantitative estimate of drug-likeness (QED) is 0.803. The van der Waals surface area contributed by atoms with Crippen LogP contribution in [0.4, 0.5) is 0 Å². The van der Waals surface area contributed by atoms with Gasteiger partial charge in [0.2, 0.25) is 0 Å². The zero-order valence-corrected chi connectivity index (χ0v) is 10.3. The van der Waals surface area contributed by atoms with Crippen LogP contribution in [0.2, 0.25) is 0 Å². The highest BCUT2D eigenvalue weighted by Gasteiger charge is 2.19. The van der Waals surface area contributed by atoms with Crippen molar-refractivity contribution < 1.29 is 0 Å². The number of aromatic nitrogens is 4. The number of fused-ring (bicyclic) bond motifs is 1. The van der Waals surface area contributed by atoms with Gasteiger partial charge in [-0.1, -0.05) is 29.8 Å². The standard InChI is InChI=1S/C10H13BrN4/c1-3-8(11)7(2)9-10-14-13-6-15(10)5-4-12-9/h4-8H,3H2,1-2H3. The Morgan fingerprint density at radius 3 is 3.07 bits per heavy atom. The van der Waals surface area contributed by atoms with Crippen molar-refractivity contribution >= 4 is 21.6 Å². The Hall–Kier alpha value is -0.970. The molecule has 0 aromatic carbocycles. The third-order valence-electron chi connectivity index (χ3n) is 2.61. The summed E-state index contributed by atoms with van der Waals surface area (Å²) in [7, 11) is 0. The molecule has 2 heterocycles. The van der Waals surface area contributed by atoms with Crippen LogP contribution < -0.4 is 0 Å². The van der Waals surface area contributed by atoms with Crippen LogP contribution in [0.1, 0.15) is 31.9 Å². The molecule has 0 fully saturated rings. The summed E-state index contributed by atoms with van der Waals surface area (Å²) < 4.78 is 1.90. The van der Waals surface area contributed by atoms with Gasteiger partial charge in [-0.15, -0.1) is 10.2 Å². The largest absolute Gasteiger partial charge is 0.286 e. The zero-order valence-electron chi connectivity index (χ0n) is 8.76. The minimum absolute atomic E-state index is 0.336. The first kappa shape index (κ1) is 10.5.